The molecule has 2 rings (SSSR count). The number of halogens is 3. The summed E-state index contributed by atoms with van der Waals surface area (Å²) in [5.41, 5.74) is -0.835. The lowest BCUT2D eigenvalue weighted by Gasteiger charge is -2.32. The van der Waals surface area contributed by atoms with E-state index in [9.17, 15) is 23.1 Å². The van der Waals surface area contributed by atoms with Crippen LogP contribution in [0.5, 0.6) is 0 Å². The van der Waals surface area contributed by atoms with Gasteiger partial charge >= 0.3 is 12.1 Å². The molecule has 1 aromatic carbocycles. The van der Waals surface area contributed by atoms with Crippen LogP contribution in [0.3, 0.4) is 0 Å². The van der Waals surface area contributed by atoms with Gasteiger partial charge in [0.25, 0.3) is 0 Å². The lowest BCUT2D eigenvalue weighted by molar-refractivity contribution is -0.236. The number of carboxylic acid groups (broad SMARTS) is 1. The molecule has 0 bridgehead atoms. The van der Waals surface area contributed by atoms with Crippen LogP contribution in [0.25, 0.3) is 0 Å². The zero-order chi connectivity index (χ0) is 17.3. The van der Waals surface area contributed by atoms with E-state index in [1.54, 1.807) is 12.1 Å². The van der Waals surface area contributed by atoms with Gasteiger partial charge in [0, 0.05) is 12.5 Å². The van der Waals surface area contributed by atoms with Gasteiger partial charge in [-0.15, -0.1) is 0 Å². The van der Waals surface area contributed by atoms with Crippen LogP contribution in [-0.4, -0.2) is 30.3 Å². The maximum absolute atomic E-state index is 13.4. The van der Waals surface area contributed by atoms with Crippen molar-refractivity contribution in [1.82, 2.24) is 5.32 Å². The van der Waals surface area contributed by atoms with Gasteiger partial charge in [-0.25, -0.2) is 0 Å². The molecule has 0 unspecified atom stereocenters. The van der Waals surface area contributed by atoms with E-state index in [0.29, 0.717) is 5.92 Å². The zero-order valence-corrected chi connectivity index (χ0v) is 13.3. The molecule has 2 N–H and O–H groups in total. The standard InChI is InChI=1S/C17H22F3NO2/c1-11(2)7-12-3-5-13(6-4-12)8-14-9-21-10-16(14,15(22)23)17(18,19)20/h3-6,11,14,21H,7-10H2,1-2H3,(H,22,23)/t14-,16+/m0/s1. The lowest BCUT2D eigenvalue weighted by Crippen LogP contribution is -2.51. The van der Waals surface area contributed by atoms with Gasteiger partial charge < -0.3 is 10.4 Å². The topological polar surface area (TPSA) is 49.3 Å². The number of rotatable bonds is 5. The summed E-state index contributed by atoms with van der Waals surface area (Å²) in [4.78, 5) is 11.4. The Hall–Kier alpha value is -1.56. The van der Waals surface area contributed by atoms with Crippen molar-refractivity contribution in [3.05, 3.63) is 35.4 Å². The first-order valence-electron chi connectivity index (χ1n) is 7.75. The van der Waals surface area contributed by atoms with E-state index in [1.165, 1.54) is 0 Å². The highest BCUT2D eigenvalue weighted by atomic mass is 19.4. The molecule has 6 heteroatoms. The highest BCUT2D eigenvalue weighted by Crippen LogP contribution is 2.47. The Labute approximate surface area is 133 Å². The van der Waals surface area contributed by atoms with Crippen molar-refractivity contribution in [3.8, 4) is 0 Å². The molecule has 128 valence electrons. The second kappa shape index (κ2) is 6.51. The lowest BCUT2D eigenvalue weighted by atomic mass is 9.74. The summed E-state index contributed by atoms with van der Waals surface area (Å²) >= 11 is 0. The Morgan fingerprint density at radius 2 is 1.87 bits per heavy atom. The summed E-state index contributed by atoms with van der Waals surface area (Å²) in [7, 11) is 0. The molecule has 2 atom stereocenters. The van der Waals surface area contributed by atoms with Gasteiger partial charge in [-0.05, 0) is 36.4 Å². The van der Waals surface area contributed by atoms with Crippen molar-refractivity contribution >= 4 is 5.97 Å². The minimum absolute atomic E-state index is 0.0551. The smallest absolute Gasteiger partial charge is 0.406 e. The van der Waals surface area contributed by atoms with Crippen LogP contribution in [0.1, 0.15) is 25.0 Å². The summed E-state index contributed by atoms with van der Waals surface area (Å²) in [5, 5.41) is 11.8. The molecule has 1 aliphatic heterocycles. The summed E-state index contributed by atoms with van der Waals surface area (Å²) in [6.07, 6.45) is -3.77. The number of alkyl halides is 3. The first-order valence-corrected chi connectivity index (χ1v) is 7.75. The van der Waals surface area contributed by atoms with Crippen LogP contribution in [-0.2, 0) is 17.6 Å². The molecule has 0 radical (unpaired) electrons. The average molecular weight is 329 g/mol. The molecule has 1 aromatic rings. The fourth-order valence-corrected chi connectivity index (χ4v) is 3.28. The van der Waals surface area contributed by atoms with Crippen molar-refractivity contribution in [2.75, 3.05) is 13.1 Å². The summed E-state index contributed by atoms with van der Waals surface area (Å²) in [5.74, 6) is -2.29. The molecule has 0 saturated carbocycles. The molecule has 0 aromatic heterocycles. The predicted octanol–water partition coefficient (Wildman–Crippen LogP) is 3.28. The number of carboxylic acids is 1. The van der Waals surface area contributed by atoms with Gasteiger partial charge in [-0.2, -0.15) is 13.2 Å². The van der Waals surface area contributed by atoms with Crippen LogP contribution in [0.15, 0.2) is 24.3 Å². The number of hydrogen-bond donors (Lipinski definition) is 2. The predicted molar refractivity (Wildman–Crippen MR) is 81.2 cm³/mol. The van der Waals surface area contributed by atoms with E-state index >= 15 is 0 Å². The Morgan fingerprint density at radius 1 is 1.30 bits per heavy atom. The van der Waals surface area contributed by atoms with Crippen molar-refractivity contribution in [3.63, 3.8) is 0 Å². The van der Waals surface area contributed by atoms with Crippen LogP contribution in [0, 0.1) is 17.3 Å². The quantitative estimate of drug-likeness (QED) is 0.871. The van der Waals surface area contributed by atoms with Crippen molar-refractivity contribution in [2.24, 2.45) is 17.3 Å². The largest absolute Gasteiger partial charge is 0.481 e. The number of hydrogen-bond acceptors (Lipinski definition) is 2. The van der Waals surface area contributed by atoms with E-state index in [-0.39, 0.29) is 13.0 Å². The molecule has 0 spiro atoms. The van der Waals surface area contributed by atoms with Gasteiger partial charge in [0.05, 0.1) is 0 Å². The molecule has 1 saturated heterocycles. The minimum Gasteiger partial charge on any atom is -0.481 e. The minimum atomic E-state index is -4.77. The van der Waals surface area contributed by atoms with Crippen LogP contribution < -0.4 is 5.32 Å². The van der Waals surface area contributed by atoms with Crippen LogP contribution >= 0.6 is 0 Å². The number of carbonyl (C=O) groups is 1. The molecule has 3 nitrogen and oxygen atoms in total. The van der Waals surface area contributed by atoms with Crippen LogP contribution in [0.2, 0.25) is 0 Å². The van der Waals surface area contributed by atoms with Crippen LogP contribution in [0.4, 0.5) is 13.2 Å². The maximum atomic E-state index is 13.4. The molecular formula is C17H22F3NO2. The van der Waals surface area contributed by atoms with E-state index in [4.69, 9.17) is 0 Å². The van der Waals surface area contributed by atoms with Gasteiger partial charge in [0.15, 0.2) is 5.41 Å². The van der Waals surface area contributed by atoms with Crippen molar-refractivity contribution in [1.29, 1.82) is 0 Å². The van der Waals surface area contributed by atoms with E-state index in [1.807, 2.05) is 12.1 Å². The highest BCUT2D eigenvalue weighted by molar-refractivity contribution is 5.77. The van der Waals surface area contributed by atoms with Gasteiger partial charge in [0.2, 0.25) is 0 Å². The monoisotopic (exact) mass is 329 g/mol. The third-order valence-electron chi connectivity index (χ3n) is 4.53. The van der Waals surface area contributed by atoms with Crippen molar-refractivity contribution < 1.29 is 23.1 Å². The van der Waals surface area contributed by atoms with Crippen molar-refractivity contribution in [2.45, 2.75) is 32.9 Å². The molecule has 1 fully saturated rings. The first kappa shape index (κ1) is 17.8. The first-order chi connectivity index (χ1) is 10.7. The third-order valence-corrected chi connectivity index (χ3v) is 4.53. The second-order valence-electron chi connectivity index (χ2n) is 6.72. The second-order valence-corrected chi connectivity index (χ2v) is 6.72. The summed E-state index contributed by atoms with van der Waals surface area (Å²) in [6.45, 7) is 3.69. The number of nitrogens with one attached hydrogen (secondary N) is 1. The maximum Gasteiger partial charge on any atom is 0.406 e. The Balaban J connectivity index is 2.19. The zero-order valence-electron chi connectivity index (χ0n) is 13.3. The molecule has 1 heterocycles. The normalized spacial score (nSPS) is 25.0. The van der Waals surface area contributed by atoms with Gasteiger partial charge in [0.1, 0.15) is 0 Å². The number of benzene rings is 1. The molecule has 23 heavy (non-hydrogen) atoms. The van der Waals surface area contributed by atoms with Gasteiger partial charge in [-0.3, -0.25) is 4.79 Å². The fraction of sp³-hybridized carbons (Fsp3) is 0.588. The van der Waals surface area contributed by atoms with E-state index in [2.05, 4.69) is 19.2 Å². The molecule has 0 aliphatic carbocycles. The molecular weight excluding hydrogens is 307 g/mol. The Kier molecular flexibility index (Phi) is 5.04. The van der Waals surface area contributed by atoms with Gasteiger partial charge in [-0.1, -0.05) is 38.1 Å². The SMILES string of the molecule is CC(C)Cc1ccc(C[C@H]2CNC[C@@]2(C(=O)O)C(F)(F)F)cc1. The van der Waals surface area contributed by atoms with E-state index in [0.717, 1.165) is 17.5 Å². The summed E-state index contributed by atoms with van der Waals surface area (Å²) < 4.78 is 40.2. The third kappa shape index (κ3) is 3.52. The fourth-order valence-electron chi connectivity index (χ4n) is 3.28. The molecule has 0 amide bonds. The molecule has 1 aliphatic rings. The number of aliphatic carboxylic acids is 1. The average Bonchev–Trinajstić information content (AvgIpc) is 2.84. The summed E-state index contributed by atoms with van der Waals surface area (Å²) in [6, 6.07) is 7.43. The Morgan fingerprint density at radius 3 is 2.35 bits per heavy atom. The highest BCUT2D eigenvalue weighted by Gasteiger charge is 2.66. The Bertz CT molecular complexity index is 554. The van der Waals surface area contributed by atoms with E-state index < -0.39 is 30.0 Å².